The minimum atomic E-state index is 0.703. The van der Waals surface area contributed by atoms with Gasteiger partial charge in [0.15, 0.2) is 0 Å². The van der Waals surface area contributed by atoms with Crippen LogP contribution in [-0.2, 0) is 0 Å². The molecule has 0 atom stereocenters. The molecule has 0 aliphatic rings. The van der Waals surface area contributed by atoms with Crippen LogP contribution in [0.2, 0.25) is 0 Å². The minimum Gasteiger partial charge on any atom is -0.345 e. The maximum atomic E-state index is 8.68. The van der Waals surface area contributed by atoms with E-state index < -0.39 is 0 Å². The molecular formula is C10H6N2S2. The van der Waals surface area contributed by atoms with Crippen LogP contribution in [0, 0.1) is 16.0 Å². The van der Waals surface area contributed by atoms with Crippen LogP contribution in [0.25, 0.3) is 10.6 Å². The second-order valence-electron chi connectivity index (χ2n) is 2.70. The molecule has 0 aromatic carbocycles. The Morgan fingerprint density at radius 1 is 1.29 bits per heavy atom. The van der Waals surface area contributed by atoms with Gasteiger partial charge >= 0.3 is 0 Å². The van der Waals surface area contributed by atoms with Crippen molar-refractivity contribution in [2.75, 3.05) is 0 Å². The molecule has 4 heteroatoms. The normalized spacial score (nSPS) is 9.64. The van der Waals surface area contributed by atoms with Gasteiger partial charge in [-0.3, -0.25) is 0 Å². The van der Waals surface area contributed by atoms with Crippen molar-refractivity contribution < 1.29 is 0 Å². The number of nitrogens with one attached hydrogen (secondary N) is 1. The number of rotatable bonds is 1. The molecule has 0 amide bonds. The zero-order chi connectivity index (χ0) is 9.97. The first-order valence-electron chi connectivity index (χ1n) is 3.99. The third kappa shape index (κ3) is 1.74. The predicted molar refractivity (Wildman–Crippen MR) is 59.7 cm³/mol. The third-order valence-corrected chi connectivity index (χ3v) is 3.01. The van der Waals surface area contributed by atoms with Gasteiger partial charge in [0.2, 0.25) is 0 Å². The fourth-order valence-corrected chi connectivity index (χ4v) is 2.11. The molecule has 68 valence electrons. The largest absolute Gasteiger partial charge is 0.345 e. The molecule has 0 spiro atoms. The van der Waals surface area contributed by atoms with Gasteiger partial charge in [-0.25, -0.2) is 0 Å². The molecule has 0 radical (unpaired) electrons. The molecule has 2 aromatic heterocycles. The molecule has 2 rings (SSSR count). The van der Waals surface area contributed by atoms with Gasteiger partial charge in [-0.2, -0.15) is 5.26 Å². The predicted octanol–water partition coefficient (Wildman–Crippen LogP) is 3.34. The number of thiophene rings is 1. The van der Waals surface area contributed by atoms with Crippen molar-refractivity contribution in [3.63, 3.8) is 0 Å². The summed E-state index contributed by atoms with van der Waals surface area (Å²) in [6, 6.07) is 11.5. The van der Waals surface area contributed by atoms with Gasteiger partial charge in [-0.15, -0.1) is 11.3 Å². The lowest BCUT2D eigenvalue weighted by Crippen LogP contribution is -1.78. The average Bonchev–Trinajstić information content (AvgIpc) is 2.66. The SMILES string of the molecule is N#Cc1ccc(-c2cccc(=S)[nH]2)s1. The first-order chi connectivity index (χ1) is 6.79. The van der Waals surface area contributed by atoms with Crippen LogP contribution in [0.3, 0.4) is 0 Å². The highest BCUT2D eigenvalue weighted by molar-refractivity contribution is 7.71. The summed E-state index contributed by atoms with van der Waals surface area (Å²) in [5.41, 5.74) is 0.962. The van der Waals surface area contributed by atoms with Gasteiger partial charge in [0.05, 0.1) is 10.6 Å². The first-order valence-corrected chi connectivity index (χ1v) is 5.22. The number of hydrogen-bond acceptors (Lipinski definition) is 3. The van der Waals surface area contributed by atoms with Crippen molar-refractivity contribution in [3.05, 3.63) is 39.8 Å². The van der Waals surface area contributed by atoms with E-state index in [2.05, 4.69) is 11.1 Å². The molecule has 0 unspecified atom stereocenters. The van der Waals surface area contributed by atoms with Gasteiger partial charge < -0.3 is 4.98 Å². The van der Waals surface area contributed by atoms with Crippen molar-refractivity contribution >= 4 is 23.6 Å². The molecular weight excluding hydrogens is 212 g/mol. The minimum absolute atomic E-state index is 0.703. The maximum Gasteiger partial charge on any atom is 0.110 e. The number of H-pyrrole nitrogens is 1. The molecule has 0 fully saturated rings. The van der Waals surface area contributed by atoms with E-state index in [0.717, 1.165) is 10.6 Å². The molecule has 14 heavy (non-hydrogen) atoms. The highest BCUT2D eigenvalue weighted by atomic mass is 32.1. The van der Waals surface area contributed by atoms with E-state index in [9.17, 15) is 0 Å². The van der Waals surface area contributed by atoms with E-state index in [1.54, 1.807) is 0 Å². The van der Waals surface area contributed by atoms with Crippen LogP contribution < -0.4 is 0 Å². The molecule has 2 heterocycles. The molecule has 0 aliphatic carbocycles. The fourth-order valence-electron chi connectivity index (χ4n) is 1.13. The molecule has 0 saturated carbocycles. The quantitative estimate of drug-likeness (QED) is 0.746. The van der Waals surface area contributed by atoms with Crippen LogP contribution >= 0.6 is 23.6 Å². The molecule has 0 aliphatic heterocycles. The number of aromatic nitrogens is 1. The van der Waals surface area contributed by atoms with Crippen molar-refractivity contribution in [3.8, 4) is 16.6 Å². The Morgan fingerprint density at radius 3 is 2.79 bits per heavy atom. The third-order valence-electron chi connectivity index (χ3n) is 1.75. The average molecular weight is 218 g/mol. The van der Waals surface area contributed by atoms with Crippen LogP contribution in [0.1, 0.15) is 4.88 Å². The summed E-state index contributed by atoms with van der Waals surface area (Å²) in [6.07, 6.45) is 0. The van der Waals surface area contributed by atoms with E-state index >= 15 is 0 Å². The Balaban J connectivity index is 2.50. The number of pyridine rings is 1. The lowest BCUT2D eigenvalue weighted by atomic mass is 10.3. The topological polar surface area (TPSA) is 39.6 Å². The van der Waals surface area contributed by atoms with Gasteiger partial charge in [-0.05, 0) is 24.3 Å². The smallest absolute Gasteiger partial charge is 0.110 e. The van der Waals surface area contributed by atoms with Crippen molar-refractivity contribution in [1.82, 2.24) is 4.98 Å². The summed E-state index contributed by atoms with van der Waals surface area (Å²) < 4.78 is 0.703. The number of hydrogen-bond donors (Lipinski definition) is 1. The van der Waals surface area contributed by atoms with Gasteiger partial charge in [0.1, 0.15) is 15.6 Å². The van der Waals surface area contributed by atoms with Gasteiger partial charge in [-0.1, -0.05) is 18.3 Å². The Hall–Kier alpha value is -1.44. The van der Waals surface area contributed by atoms with Crippen molar-refractivity contribution in [2.45, 2.75) is 0 Å². The zero-order valence-electron chi connectivity index (χ0n) is 7.15. The van der Waals surface area contributed by atoms with E-state index in [-0.39, 0.29) is 0 Å². The maximum absolute atomic E-state index is 8.68. The van der Waals surface area contributed by atoms with Crippen LogP contribution in [0.4, 0.5) is 0 Å². The highest BCUT2D eigenvalue weighted by Gasteiger charge is 2.01. The standard InChI is InChI=1S/C10H6N2S2/c11-6-7-4-5-9(14-7)8-2-1-3-10(13)12-8/h1-5H,(H,12,13). The van der Waals surface area contributed by atoms with Crippen molar-refractivity contribution in [1.29, 1.82) is 5.26 Å². The van der Waals surface area contributed by atoms with Gasteiger partial charge in [0.25, 0.3) is 0 Å². The first kappa shape index (κ1) is 9.13. The van der Waals surface area contributed by atoms with Crippen LogP contribution in [0.15, 0.2) is 30.3 Å². The summed E-state index contributed by atoms with van der Waals surface area (Å²) in [4.78, 5) is 4.82. The summed E-state index contributed by atoms with van der Waals surface area (Å²) in [6.45, 7) is 0. The lowest BCUT2D eigenvalue weighted by Gasteiger charge is -1.95. The Kier molecular flexibility index (Phi) is 2.44. The number of nitriles is 1. The van der Waals surface area contributed by atoms with Gasteiger partial charge in [0, 0.05) is 0 Å². The Morgan fingerprint density at radius 2 is 2.14 bits per heavy atom. The Bertz CT molecular complexity index is 545. The second kappa shape index (κ2) is 3.74. The van der Waals surface area contributed by atoms with E-state index in [4.69, 9.17) is 17.5 Å². The summed E-state index contributed by atoms with van der Waals surface area (Å²) in [7, 11) is 0. The molecule has 0 bridgehead atoms. The number of aromatic amines is 1. The molecule has 1 N–H and O–H groups in total. The van der Waals surface area contributed by atoms with Crippen LogP contribution in [0.5, 0.6) is 0 Å². The monoisotopic (exact) mass is 218 g/mol. The summed E-state index contributed by atoms with van der Waals surface area (Å²) >= 11 is 6.47. The number of nitrogens with zero attached hydrogens (tertiary/aromatic N) is 1. The lowest BCUT2D eigenvalue weighted by molar-refractivity contribution is 1.31. The second-order valence-corrected chi connectivity index (χ2v) is 4.23. The van der Waals surface area contributed by atoms with Crippen molar-refractivity contribution in [2.24, 2.45) is 0 Å². The zero-order valence-corrected chi connectivity index (χ0v) is 8.78. The van der Waals surface area contributed by atoms with Crippen LogP contribution in [-0.4, -0.2) is 4.98 Å². The van der Waals surface area contributed by atoms with E-state index in [1.165, 1.54) is 11.3 Å². The molecule has 2 nitrogen and oxygen atoms in total. The highest BCUT2D eigenvalue weighted by Crippen LogP contribution is 2.25. The fraction of sp³-hybridized carbons (Fsp3) is 0. The molecule has 0 saturated heterocycles. The van der Waals surface area contributed by atoms with E-state index in [0.29, 0.717) is 9.52 Å². The summed E-state index contributed by atoms with van der Waals surface area (Å²) in [5, 5.41) is 8.68. The van der Waals surface area contributed by atoms with E-state index in [1.807, 2.05) is 30.3 Å². The Labute approximate surface area is 90.5 Å². The molecule has 2 aromatic rings. The summed E-state index contributed by atoms with van der Waals surface area (Å²) in [5.74, 6) is 0.